The maximum atomic E-state index is 12.8. The van der Waals surface area contributed by atoms with Gasteiger partial charge in [-0.05, 0) is 36.8 Å². The molecule has 3 rings (SSSR count). The van der Waals surface area contributed by atoms with Crippen molar-refractivity contribution in [2.24, 2.45) is 5.73 Å². The summed E-state index contributed by atoms with van der Waals surface area (Å²) in [6.07, 6.45) is 0. The van der Waals surface area contributed by atoms with Gasteiger partial charge in [0, 0.05) is 0 Å². The second kappa shape index (κ2) is 6.58. The van der Waals surface area contributed by atoms with Crippen molar-refractivity contribution in [3.05, 3.63) is 77.1 Å². The Kier molecular flexibility index (Phi) is 4.34. The van der Waals surface area contributed by atoms with Crippen LogP contribution in [0.3, 0.4) is 0 Å². The number of aryl methyl sites for hydroxylation is 1. The fraction of sp³-hybridized carbons (Fsp3) is 0.176. The second-order valence-electron chi connectivity index (χ2n) is 5.27. The number of benzene rings is 2. The Bertz CT molecular complexity index is 768. The summed E-state index contributed by atoms with van der Waals surface area (Å²) in [4.78, 5) is 4.35. The van der Waals surface area contributed by atoms with Crippen molar-refractivity contribution in [2.45, 2.75) is 19.6 Å². The van der Waals surface area contributed by atoms with Gasteiger partial charge in [-0.2, -0.15) is 5.10 Å². The SMILES string of the molecule is Cc1ccc([C@H](N)c2n[nH]c(COc3ccc(F)cc3)n2)cc1. The van der Waals surface area contributed by atoms with Gasteiger partial charge in [-0.1, -0.05) is 29.8 Å². The minimum Gasteiger partial charge on any atom is -0.486 e. The van der Waals surface area contributed by atoms with Crippen molar-refractivity contribution in [3.8, 4) is 5.75 Å². The van der Waals surface area contributed by atoms with E-state index in [0.717, 1.165) is 5.56 Å². The molecule has 3 N–H and O–H groups in total. The van der Waals surface area contributed by atoms with Crippen LogP contribution < -0.4 is 10.5 Å². The summed E-state index contributed by atoms with van der Waals surface area (Å²) in [7, 11) is 0. The normalized spacial score (nSPS) is 12.1. The minimum absolute atomic E-state index is 0.208. The van der Waals surface area contributed by atoms with Crippen LogP contribution in [0.4, 0.5) is 4.39 Å². The molecule has 0 spiro atoms. The molecule has 0 radical (unpaired) electrons. The topological polar surface area (TPSA) is 76.8 Å². The van der Waals surface area contributed by atoms with Gasteiger partial charge in [-0.15, -0.1) is 0 Å². The quantitative estimate of drug-likeness (QED) is 0.759. The van der Waals surface area contributed by atoms with E-state index >= 15 is 0 Å². The van der Waals surface area contributed by atoms with E-state index in [1.54, 1.807) is 12.1 Å². The summed E-state index contributed by atoms with van der Waals surface area (Å²) >= 11 is 0. The molecule has 0 aliphatic carbocycles. The Balaban J connectivity index is 1.65. The van der Waals surface area contributed by atoms with Crippen LogP contribution in [0.15, 0.2) is 48.5 Å². The molecule has 0 amide bonds. The summed E-state index contributed by atoms with van der Waals surface area (Å²) in [5, 5.41) is 6.95. The highest BCUT2D eigenvalue weighted by Gasteiger charge is 2.14. The van der Waals surface area contributed by atoms with Crippen molar-refractivity contribution >= 4 is 0 Å². The van der Waals surface area contributed by atoms with Crippen LogP contribution in [-0.2, 0) is 6.61 Å². The Labute approximate surface area is 133 Å². The first-order valence-corrected chi connectivity index (χ1v) is 7.23. The third-order valence-electron chi connectivity index (χ3n) is 3.45. The number of ether oxygens (including phenoxy) is 1. The fourth-order valence-electron chi connectivity index (χ4n) is 2.12. The summed E-state index contributed by atoms with van der Waals surface area (Å²) in [6.45, 7) is 2.23. The standard InChI is InChI=1S/C17H17FN4O/c1-11-2-4-12(5-3-11)16(19)17-20-15(21-22-17)10-23-14-8-6-13(18)7-9-14/h2-9,16H,10,19H2,1H3,(H,20,21,22)/t16-/m0/s1. The van der Waals surface area contributed by atoms with E-state index in [1.165, 1.54) is 17.7 Å². The molecule has 118 valence electrons. The summed E-state index contributed by atoms with van der Waals surface area (Å²) in [6, 6.07) is 13.3. The van der Waals surface area contributed by atoms with Gasteiger partial charge in [0.1, 0.15) is 18.2 Å². The van der Waals surface area contributed by atoms with E-state index in [-0.39, 0.29) is 12.4 Å². The van der Waals surface area contributed by atoms with E-state index in [9.17, 15) is 4.39 Å². The van der Waals surface area contributed by atoms with Gasteiger partial charge in [-0.3, -0.25) is 5.10 Å². The van der Waals surface area contributed by atoms with E-state index in [4.69, 9.17) is 10.5 Å². The molecule has 1 heterocycles. The zero-order valence-electron chi connectivity index (χ0n) is 12.7. The van der Waals surface area contributed by atoms with Crippen LogP contribution in [0.1, 0.15) is 28.8 Å². The van der Waals surface area contributed by atoms with Gasteiger partial charge >= 0.3 is 0 Å². The molecule has 1 aromatic heterocycles. The Morgan fingerprint density at radius 1 is 1.13 bits per heavy atom. The number of aromatic nitrogens is 3. The number of nitrogens with zero attached hydrogens (tertiary/aromatic N) is 2. The highest BCUT2D eigenvalue weighted by molar-refractivity contribution is 5.27. The first-order chi connectivity index (χ1) is 11.1. The average molecular weight is 312 g/mol. The van der Waals surface area contributed by atoms with Gasteiger partial charge in [0.15, 0.2) is 11.6 Å². The molecule has 2 aromatic carbocycles. The molecule has 0 aliphatic heterocycles. The van der Waals surface area contributed by atoms with Crippen molar-refractivity contribution < 1.29 is 9.13 Å². The summed E-state index contributed by atoms with van der Waals surface area (Å²) in [5.74, 6) is 1.33. The molecule has 0 unspecified atom stereocenters. The molecular formula is C17H17FN4O. The molecule has 3 aromatic rings. The molecule has 5 nitrogen and oxygen atoms in total. The van der Waals surface area contributed by atoms with Gasteiger partial charge in [0.2, 0.25) is 0 Å². The number of hydrogen-bond donors (Lipinski definition) is 2. The first-order valence-electron chi connectivity index (χ1n) is 7.23. The number of nitrogens with one attached hydrogen (secondary N) is 1. The monoisotopic (exact) mass is 312 g/mol. The van der Waals surface area contributed by atoms with Gasteiger partial charge in [0.25, 0.3) is 0 Å². The van der Waals surface area contributed by atoms with Gasteiger partial charge in [-0.25, -0.2) is 9.37 Å². The Morgan fingerprint density at radius 3 is 2.52 bits per heavy atom. The van der Waals surface area contributed by atoms with Crippen LogP contribution in [-0.4, -0.2) is 15.2 Å². The van der Waals surface area contributed by atoms with Gasteiger partial charge < -0.3 is 10.5 Å². The lowest BCUT2D eigenvalue weighted by molar-refractivity contribution is 0.296. The smallest absolute Gasteiger partial charge is 0.172 e. The lowest BCUT2D eigenvalue weighted by Crippen LogP contribution is -2.13. The Morgan fingerprint density at radius 2 is 1.83 bits per heavy atom. The zero-order chi connectivity index (χ0) is 16.2. The second-order valence-corrected chi connectivity index (χ2v) is 5.27. The minimum atomic E-state index is -0.397. The molecule has 0 fully saturated rings. The van der Waals surface area contributed by atoms with E-state index < -0.39 is 6.04 Å². The number of halogens is 1. The summed E-state index contributed by atoms with van der Waals surface area (Å²) < 4.78 is 18.4. The number of rotatable bonds is 5. The molecule has 6 heteroatoms. The van der Waals surface area contributed by atoms with Crippen molar-refractivity contribution in [3.63, 3.8) is 0 Å². The zero-order valence-corrected chi connectivity index (χ0v) is 12.7. The predicted molar refractivity (Wildman–Crippen MR) is 84.3 cm³/mol. The van der Waals surface area contributed by atoms with Crippen LogP contribution in [0.25, 0.3) is 0 Å². The van der Waals surface area contributed by atoms with Crippen molar-refractivity contribution in [2.75, 3.05) is 0 Å². The molecule has 0 aliphatic rings. The van der Waals surface area contributed by atoms with Crippen LogP contribution in [0.5, 0.6) is 5.75 Å². The number of hydrogen-bond acceptors (Lipinski definition) is 4. The first kappa shape index (κ1) is 15.2. The van der Waals surface area contributed by atoms with Crippen LogP contribution in [0.2, 0.25) is 0 Å². The fourth-order valence-corrected chi connectivity index (χ4v) is 2.12. The van der Waals surface area contributed by atoms with Crippen molar-refractivity contribution in [1.29, 1.82) is 0 Å². The van der Waals surface area contributed by atoms with Gasteiger partial charge in [0.05, 0.1) is 6.04 Å². The lowest BCUT2D eigenvalue weighted by Gasteiger charge is -2.08. The summed E-state index contributed by atoms with van der Waals surface area (Å²) in [5.41, 5.74) is 8.29. The number of nitrogens with two attached hydrogens (primary N) is 1. The predicted octanol–water partition coefficient (Wildman–Crippen LogP) is 2.88. The van der Waals surface area contributed by atoms with E-state index in [2.05, 4.69) is 15.2 Å². The molecule has 1 atom stereocenters. The molecular weight excluding hydrogens is 295 g/mol. The molecule has 0 saturated heterocycles. The molecule has 23 heavy (non-hydrogen) atoms. The largest absolute Gasteiger partial charge is 0.486 e. The highest BCUT2D eigenvalue weighted by atomic mass is 19.1. The maximum absolute atomic E-state index is 12.8. The van der Waals surface area contributed by atoms with Crippen molar-refractivity contribution in [1.82, 2.24) is 15.2 Å². The molecule has 0 bridgehead atoms. The third kappa shape index (κ3) is 3.73. The molecule has 0 saturated carbocycles. The number of H-pyrrole nitrogens is 1. The van der Waals surface area contributed by atoms with E-state index in [0.29, 0.717) is 17.4 Å². The van der Waals surface area contributed by atoms with E-state index in [1.807, 2.05) is 31.2 Å². The Hall–Kier alpha value is -2.73. The average Bonchev–Trinajstić information content (AvgIpc) is 3.03. The maximum Gasteiger partial charge on any atom is 0.172 e. The van der Waals surface area contributed by atoms with Crippen LogP contribution >= 0.6 is 0 Å². The third-order valence-corrected chi connectivity index (χ3v) is 3.45. The lowest BCUT2D eigenvalue weighted by atomic mass is 10.1. The van der Waals surface area contributed by atoms with Crippen LogP contribution in [0, 0.1) is 12.7 Å². The number of aromatic amines is 1. The highest BCUT2D eigenvalue weighted by Crippen LogP contribution is 2.17.